The van der Waals surface area contributed by atoms with Crippen LogP contribution in [0.2, 0.25) is 0 Å². The maximum Gasteiger partial charge on any atom is 0.407 e. The second-order valence-electron chi connectivity index (χ2n) is 4.69. The third kappa shape index (κ3) is 11.0. The van der Waals surface area contributed by atoms with Crippen LogP contribution in [0.15, 0.2) is 0 Å². The molecule has 0 aliphatic heterocycles. The molecule has 0 radical (unpaired) electrons. The van der Waals surface area contributed by atoms with E-state index in [1.807, 2.05) is 0 Å². The molecule has 0 heterocycles. The SMILES string of the molecule is CC(C)(C)OC(=O)NCCNC(=O)NCCCO. The number of hydrogen-bond acceptors (Lipinski definition) is 4. The monoisotopic (exact) mass is 261 g/mol. The van der Waals surface area contributed by atoms with Gasteiger partial charge in [0.05, 0.1) is 0 Å². The molecule has 4 N–H and O–H groups in total. The lowest BCUT2D eigenvalue weighted by Crippen LogP contribution is -2.41. The van der Waals surface area contributed by atoms with Gasteiger partial charge in [-0.25, -0.2) is 9.59 Å². The number of carbonyl (C=O) groups excluding carboxylic acids is 2. The van der Waals surface area contributed by atoms with Crippen molar-refractivity contribution in [3.05, 3.63) is 0 Å². The molecule has 0 fully saturated rings. The maximum atomic E-state index is 11.2. The number of aliphatic hydroxyl groups is 1. The van der Waals surface area contributed by atoms with Crippen LogP contribution >= 0.6 is 0 Å². The van der Waals surface area contributed by atoms with Crippen LogP contribution in [0.1, 0.15) is 27.2 Å². The molecule has 7 heteroatoms. The molecule has 0 aliphatic rings. The highest BCUT2D eigenvalue weighted by molar-refractivity contribution is 5.73. The Kier molecular flexibility index (Phi) is 7.86. The van der Waals surface area contributed by atoms with Crippen LogP contribution in [0.4, 0.5) is 9.59 Å². The van der Waals surface area contributed by atoms with E-state index >= 15 is 0 Å². The highest BCUT2D eigenvalue weighted by Gasteiger charge is 2.15. The van der Waals surface area contributed by atoms with E-state index in [1.165, 1.54) is 0 Å². The van der Waals surface area contributed by atoms with E-state index < -0.39 is 11.7 Å². The molecule has 0 saturated carbocycles. The molecular weight excluding hydrogens is 238 g/mol. The van der Waals surface area contributed by atoms with Crippen LogP contribution in [0, 0.1) is 0 Å². The zero-order chi connectivity index (χ0) is 14.0. The third-order valence-electron chi connectivity index (χ3n) is 1.70. The van der Waals surface area contributed by atoms with Gasteiger partial charge in [-0.2, -0.15) is 0 Å². The highest BCUT2D eigenvalue weighted by Crippen LogP contribution is 2.05. The Labute approximate surface area is 107 Å². The molecule has 0 unspecified atom stereocenters. The molecular formula is C11H23N3O4. The first-order chi connectivity index (χ1) is 8.35. The Bertz CT molecular complexity index is 264. The lowest BCUT2D eigenvalue weighted by atomic mass is 10.2. The zero-order valence-corrected chi connectivity index (χ0v) is 11.2. The Morgan fingerprint density at radius 3 is 2.17 bits per heavy atom. The van der Waals surface area contributed by atoms with Crippen LogP contribution < -0.4 is 16.0 Å². The average Bonchev–Trinajstić information content (AvgIpc) is 2.22. The summed E-state index contributed by atoms with van der Waals surface area (Å²) in [6.07, 6.45) is 0.00817. The Morgan fingerprint density at radius 2 is 1.61 bits per heavy atom. The largest absolute Gasteiger partial charge is 0.444 e. The summed E-state index contributed by atoms with van der Waals surface area (Å²) in [4.78, 5) is 22.4. The summed E-state index contributed by atoms with van der Waals surface area (Å²) in [5.41, 5.74) is -0.529. The molecule has 106 valence electrons. The van der Waals surface area contributed by atoms with Gasteiger partial charge in [0.25, 0.3) is 0 Å². The first-order valence-corrected chi connectivity index (χ1v) is 5.94. The fraction of sp³-hybridized carbons (Fsp3) is 0.818. The summed E-state index contributed by atoms with van der Waals surface area (Å²) in [5.74, 6) is 0. The number of nitrogens with one attached hydrogen (secondary N) is 3. The van der Waals surface area contributed by atoms with Crippen molar-refractivity contribution in [2.24, 2.45) is 0 Å². The number of urea groups is 1. The summed E-state index contributed by atoms with van der Waals surface area (Å²) in [5, 5.41) is 16.1. The van der Waals surface area contributed by atoms with Crippen LogP contribution in [0.25, 0.3) is 0 Å². The smallest absolute Gasteiger partial charge is 0.407 e. The number of aliphatic hydroxyl groups excluding tert-OH is 1. The van der Waals surface area contributed by atoms with Gasteiger partial charge in [0.1, 0.15) is 5.60 Å². The molecule has 0 aliphatic carbocycles. The molecule has 0 rings (SSSR count). The van der Waals surface area contributed by atoms with E-state index in [1.54, 1.807) is 20.8 Å². The molecule has 0 aromatic carbocycles. The van der Waals surface area contributed by atoms with Gasteiger partial charge in [0.15, 0.2) is 0 Å². The van der Waals surface area contributed by atoms with E-state index in [2.05, 4.69) is 16.0 Å². The summed E-state index contributed by atoms with van der Waals surface area (Å²) >= 11 is 0. The van der Waals surface area contributed by atoms with E-state index in [-0.39, 0.29) is 12.6 Å². The van der Waals surface area contributed by atoms with Gasteiger partial charge in [-0.3, -0.25) is 0 Å². The molecule has 0 atom stereocenters. The van der Waals surface area contributed by atoms with Gasteiger partial charge >= 0.3 is 12.1 Å². The van der Waals surface area contributed by atoms with Crippen molar-refractivity contribution in [2.75, 3.05) is 26.2 Å². The van der Waals surface area contributed by atoms with Gasteiger partial charge in [0.2, 0.25) is 0 Å². The normalized spacial score (nSPS) is 10.7. The van der Waals surface area contributed by atoms with Gasteiger partial charge in [-0.1, -0.05) is 0 Å². The summed E-state index contributed by atoms with van der Waals surface area (Å²) in [6.45, 7) is 6.40. The average molecular weight is 261 g/mol. The van der Waals surface area contributed by atoms with Gasteiger partial charge in [-0.05, 0) is 27.2 Å². The van der Waals surface area contributed by atoms with E-state index in [9.17, 15) is 9.59 Å². The number of amides is 3. The van der Waals surface area contributed by atoms with Crippen molar-refractivity contribution in [3.63, 3.8) is 0 Å². The summed E-state index contributed by atoms with van der Waals surface area (Å²) in [7, 11) is 0. The van der Waals surface area contributed by atoms with Crippen molar-refractivity contribution in [2.45, 2.75) is 32.8 Å². The van der Waals surface area contributed by atoms with Crippen molar-refractivity contribution in [1.82, 2.24) is 16.0 Å². The molecule has 0 spiro atoms. The second kappa shape index (κ2) is 8.57. The number of carbonyl (C=O) groups is 2. The topological polar surface area (TPSA) is 99.7 Å². The fourth-order valence-electron chi connectivity index (χ4n) is 0.998. The number of rotatable bonds is 6. The van der Waals surface area contributed by atoms with E-state index in [4.69, 9.17) is 9.84 Å². The molecule has 0 aromatic rings. The summed E-state index contributed by atoms with van der Waals surface area (Å²) in [6, 6.07) is -0.325. The van der Waals surface area contributed by atoms with Crippen molar-refractivity contribution < 1.29 is 19.4 Å². The number of ether oxygens (including phenoxy) is 1. The van der Waals surface area contributed by atoms with Crippen molar-refractivity contribution in [3.8, 4) is 0 Å². The standard InChI is InChI=1S/C11H23N3O4/c1-11(2,3)18-10(17)14-7-6-13-9(16)12-5-4-8-15/h15H,4-8H2,1-3H3,(H,14,17)(H2,12,13,16). The minimum atomic E-state index is -0.529. The predicted molar refractivity (Wildman–Crippen MR) is 67.3 cm³/mol. The number of alkyl carbamates (subject to hydrolysis) is 1. The Hall–Kier alpha value is -1.50. The van der Waals surface area contributed by atoms with E-state index in [0.717, 1.165) is 0 Å². The van der Waals surface area contributed by atoms with Crippen LogP contribution in [0.5, 0.6) is 0 Å². The lowest BCUT2D eigenvalue weighted by molar-refractivity contribution is 0.0528. The van der Waals surface area contributed by atoms with Gasteiger partial charge in [-0.15, -0.1) is 0 Å². The van der Waals surface area contributed by atoms with Crippen LogP contribution in [-0.2, 0) is 4.74 Å². The zero-order valence-electron chi connectivity index (χ0n) is 11.2. The first kappa shape index (κ1) is 16.5. The summed E-state index contributed by atoms with van der Waals surface area (Å²) < 4.78 is 5.02. The lowest BCUT2D eigenvalue weighted by Gasteiger charge is -2.19. The minimum Gasteiger partial charge on any atom is -0.444 e. The maximum absolute atomic E-state index is 11.2. The number of hydrogen-bond donors (Lipinski definition) is 4. The second-order valence-corrected chi connectivity index (χ2v) is 4.69. The molecule has 7 nitrogen and oxygen atoms in total. The van der Waals surface area contributed by atoms with Crippen molar-refractivity contribution in [1.29, 1.82) is 0 Å². The quantitative estimate of drug-likeness (QED) is 0.513. The third-order valence-corrected chi connectivity index (χ3v) is 1.70. The predicted octanol–water partition coefficient (Wildman–Crippen LogP) is 0.193. The van der Waals surface area contributed by atoms with Gasteiger partial charge < -0.3 is 25.8 Å². The molecule has 3 amide bonds. The Morgan fingerprint density at radius 1 is 1.06 bits per heavy atom. The van der Waals surface area contributed by atoms with Gasteiger partial charge in [0, 0.05) is 26.2 Å². The fourth-order valence-corrected chi connectivity index (χ4v) is 0.998. The molecule has 18 heavy (non-hydrogen) atoms. The molecule has 0 saturated heterocycles. The van der Waals surface area contributed by atoms with Crippen LogP contribution in [0.3, 0.4) is 0 Å². The minimum absolute atomic E-state index is 0.0421. The van der Waals surface area contributed by atoms with Crippen molar-refractivity contribution >= 4 is 12.1 Å². The molecule has 0 aromatic heterocycles. The highest BCUT2D eigenvalue weighted by atomic mass is 16.6. The first-order valence-electron chi connectivity index (χ1n) is 5.94. The van der Waals surface area contributed by atoms with E-state index in [0.29, 0.717) is 26.1 Å². The molecule has 0 bridgehead atoms. The van der Waals surface area contributed by atoms with Crippen LogP contribution in [-0.4, -0.2) is 49.1 Å². The Balaban J connectivity index is 3.50.